The number of hydrogen-bond acceptors (Lipinski definition) is 4. The summed E-state index contributed by atoms with van der Waals surface area (Å²) >= 11 is 0. The van der Waals surface area contributed by atoms with Gasteiger partial charge in [-0.25, -0.2) is 8.78 Å². The van der Waals surface area contributed by atoms with Gasteiger partial charge >= 0.3 is 0 Å². The van der Waals surface area contributed by atoms with Gasteiger partial charge in [0.1, 0.15) is 11.6 Å². The van der Waals surface area contributed by atoms with Crippen LogP contribution in [-0.2, 0) is 17.8 Å². The van der Waals surface area contributed by atoms with Crippen molar-refractivity contribution in [2.75, 3.05) is 6.54 Å². The van der Waals surface area contributed by atoms with Crippen LogP contribution in [0.1, 0.15) is 18.1 Å². The molecule has 1 amide bonds. The van der Waals surface area contributed by atoms with Crippen LogP contribution in [0.25, 0.3) is 0 Å². The lowest BCUT2D eigenvalue weighted by atomic mass is 10.0. The summed E-state index contributed by atoms with van der Waals surface area (Å²) in [6.07, 6.45) is -0.854. The fraction of sp³-hybridized carbons (Fsp3) is 0.350. The van der Waals surface area contributed by atoms with Crippen LogP contribution in [0, 0.1) is 11.6 Å². The Morgan fingerprint density at radius 3 is 2.37 bits per heavy atom. The van der Waals surface area contributed by atoms with Crippen LogP contribution in [0.2, 0.25) is 0 Å². The SMILES string of the molecule is C[C@H](NC[C@@H](O)[C@@H](N)Cc1cc(F)cc(F)c1)C(=O)NCc1ccccc1. The predicted molar refractivity (Wildman–Crippen MR) is 99.8 cm³/mol. The fourth-order valence-corrected chi connectivity index (χ4v) is 2.62. The van der Waals surface area contributed by atoms with Gasteiger partial charge in [0.15, 0.2) is 0 Å². The number of halogens is 2. The van der Waals surface area contributed by atoms with Gasteiger partial charge < -0.3 is 21.5 Å². The molecule has 0 radical (unpaired) electrons. The Kier molecular flexibility index (Phi) is 7.84. The zero-order valence-corrected chi connectivity index (χ0v) is 15.2. The third-order valence-corrected chi connectivity index (χ3v) is 4.22. The van der Waals surface area contributed by atoms with Crippen LogP contribution in [-0.4, -0.2) is 35.7 Å². The number of benzene rings is 2. The zero-order chi connectivity index (χ0) is 19.8. The molecule has 0 unspecified atom stereocenters. The first-order valence-corrected chi connectivity index (χ1v) is 8.79. The molecule has 27 heavy (non-hydrogen) atoms. The first-order valence-electron chi connectivity index (χ1n) is 8.79. The van der Waals surface area contributed by atoms with Crippen molar-refractivity contribution in [1.29, 1.82) is 0 Å². The summed E-state index contributed by atoms with van der Waals surface area (Å²) in [5.41, 5.74) is 7.27. The molecule has 0 saturated carbocycles. The van der Waals surface area contributed by atoms with Crippen molar-refractivity contribution in [3.05, 3.63) is 71.3 Å². The van der Waals surface area contributed by atoms with E-state index in [0.29, 0.717) is 12.1 Å². The third-order valence-electron chi connectivity index (χ3n) is 4.22. The van der Waals surface area contributed by atoms with Gasteiger partial charge in [0, 0.05) is 25.2 Å². The van der Waals surface area contributed by atoms with Gasteiger partial charge in [-0.3, -0.25) is 4.79 Å². The van der Waals surface area contributed by atoms with E-state index in [0.717, 1.165) is 11.6 Å². The van der Waals surface area contributed by atoms with E-state index >= 15 is 0 Å². The van der Waals surface area contributed by atoms with Gasteiger partial charge in [-0.1, -0.05) is 30.3 Å². The molecule has 2 aromatic rings. The maximum absolute atomic E-state index is 13.2. The number of aliphatic hydroxyl groups is 1. The minimum Gasteiger partial charge on any atom is -0.390 e. The van der Waals surface area contributed by atoms with E-state index in [1.807, 2.05) is 30.3 Å². The monoisotopic (exact) mass is 377 g/mol. The molecule has 0 saturated heterocycles. The Labute approximate surface area is 157 Å². The highest BCUT2D eigenvalue weighted by molar-refractivity contribution is 5.81. The summed E-state index contributed by atoms with van der Waals surface area (Å²) in [5, 5.41) is 15.9. The number of hydrogen-bond donors (Lipinski definition) is 4. The van der Waals surface area contributed by atoms with E-state index < -0.39 is 29.8 Å². The summed E-state index contributed by atoms with van der Waals surface area (Å²) in [6.45, 7) is 2.18. The first-order chi connectivity index (χ1) is 12.8. The Hall–Kier alpha value is -2.35. The molecule has 0 spiro atoms. The van der Waals surface area contributed by atoms with E-state index in [4.69, 9.17) is 5.73 Å². The first kappa shape index (κ1) is 21.0. The normalized spacial score (nSPS) is 14.4. The predicted octanol–water partition coefficient (Wildman–Crippen LogP) is 1.49. The minimum atomic E-state index is -0.972. The van der Waals surface area contributed by atoms with Crippen molar-refractivity contribution in [2.45, 2.75) is 38.1 Å². The molecular weight excluding hydrogens is 352 g/mol. The van der Waals surface area contributed by atoms with Gasteiger partial charge in [-0.15, -0.1) is 0 Å². The molecule has 0 fully saturated rings. The number of carbonyl (C=O) groups excluding carboxylic acids is 1. The van der Waals surface area contributed by atoms with Gasteiger partial charge in [0.25, 0.3) is 0 Å². The van der Waals surface area contributed by atoms with Crippen molar-refractivity contribution in [3.8, 4) is 0 Å². The van der Waals surface area contributed by atoms with Crippen molar-refractivity contribution >= 4 is 5.91 Å². The summed E-state index contributed by atoms with van der Waals surface area (Å²) < 4.78 is 26.4. The maximum atomic E-state index is 13.2. The van der Waals surface area contributed by atoms with E-state index in [2.05, 4.69) is 10.6 Å². The highest BCUT2D eigenvalue weighted by atomic mass is 19.1. The Morgan fingerprint density at radius 1 is 1.11 bits per heavy atom. The molecule has 5 nitrogen and oxygen atoms in total. The molecule has 0 aliphatic rings. The average Bonchev–Trinajstić information content (AvgIpc) is 2.63. The molecule has 5 N–H and O–H groups in total. The lowest BCUT2D eigenvalue weighted by Gasteiger charge is -2.22. The molecular formula is C20H25F2N3O2. The molecule has 0 heterocycles. The molecule has 0 bridgehead atoms. The second kappa shape index (κ2) is 10.1. The summed E-state index contributed by atoms with van der Waals surface area (Å²) in [6, 6.07) is 11.4. The highest BCUT2D eigenvalue weighted by Gasteiger charge is 2.19. The Balaban J connectivity index is 1.75. The Bertz CT molecular complexity index is 723. The lowest BCUT2D eigenvalue weighted by Crippen LogP contribution is -2.49. The zero-order valence-electron chi connectivity index (χ0n) is 15.2. The van der Waals surface area contributed by atoms with E-state index in [9.17, 15) is 18.7 Å². The summed E-state index contributed by atoms with van der Waals surface area (Å²) in [4.78, 5) is 12.1. The fourth-order valence-electron chi connectivity index (χ4n) is 2.62. The number of rotatable bonds is 9. The average molecular weight is 377 g/mol. The smallest absolute Gasteiger partial charge is 0.237 e. The molecule has 7 heteroatoms. The van der Waals surface area contributed by atoms with E-state index in [1.165, 1.54) is 12.1 Å². The quantitative estimate of drug-likeness (QED) is 0.533. The van der Waals surface area contributed by atoms with Crippen LogP contribution in [0.5, 0.6) is 0 Å². The van der Waals surface area contributed by atoms with Crippen molar-refractivity contribution < 1.29 is 18.7 Å². The number of nitrogens with one attached hydrogen (secondary N) is 2. The van der Waals surface area contributed by atoms with Gasteiger partial charge in [0.2, 0.25) is 5.91 Å². The third kappa shape index (κ3) is 7.05. The van der Waals surface area contributed by atoms with Crippen LogP contribution >= 0.6 is 0 Å². The van der Waals surface area contributed by atoms with Crippen molar-refractivity contribution in [1.82, 2.24) is 10.6 Å². The van der Waals surface area contributed by atoms with Crippen LogP contribution in [0.3, 0.4) is 0 Å². The molecule has 3 atom stereocenters. The van der Waals surface area contributed by atoms with Crippen LogP contribution < -0.4 is 16.4 Å². The number of carbonyl (C=O) groups is 1. The molecule has 0 aliphatic heterocycles. The van der Waals surface area contributed by atoms with Gasteiger partial charge in [-0.2, -0.15) is 0 Å². The van der Waals surface area contributed by atoms with E-state index in [-0.39, 0.29) is 18.9 Å². The standard InChI is InChI=1S/C20H25F2N3O2/c1-13(20(27)25-11-14-5-3-2-4-6-14)24-12-19(26)18(23)9-15-7-16(21)10-17(22)8-15/h2-8,10,13,18-19,24,26H,9,11-12,23H2,1H3,(H,25,27)/t13-,18-,19+/m0/s1. The van der Waals surface area contributed by atoms with Crippen molar-refractivity contribution in [3.63, 3.8) is 0 Å². The molecule has 2 aromatic carbocycles. The molecule has 0 aliphatic carbocycles. The largest absolute Gasteiger partial charge is 0.390 e. The van der Waals surface area contributed by atoms with Gasteiger partial charge in [0.05, 0.1) is 12.1 Å². The van der Waals surface area contributed by atoms with Crippen LogP contribution in [0.4, 0.5) is 8.78 Å². The number of aliphatic hydroxyl groups excluding tert-OH is 1. The highest BCUT2D eigenvalue weighted by Crippen LogP contribution is 2.10. The maximum Gasteiger partial charge on any atom is 0.237 e. The number of nitrogens with two attached hydrogens (primary N) is 1. The van der Waals surface area contributed by atoms with Gasteiger partial charge in [-0.05, 0) is 36.6 Å². The van der Waals surface area contributed by atoms with Crippen LogP contribution in [0.15, 0.2) is 48.5 Å². The van der Waals surface area contributed by atoms with E-state index in [1.54, 1.807) is 6.92 Å². The molecule has 146 valence electrons. The lowest BCUT2D eigenvalue weighted by molar-refractivity contribution is -0.123. The summed E-state index contributed by atoms with van der Waals surface area (Å²) in [5.74, 6) is -1.58. The minimum absolute atomic E-state index is 0.0822. The molecule has 0 aromatic heterocycles. The topological polar surface area (TPSA) is 87.4 Å². The second-order valence-electron chi connectivity index (χ2n) is 6.55. The molecule has 2 rings (SSSR count). The van der Waals surface area contributed by atoms with Crippen molar-refractivity contribution in [2.24, 2.45) is 5.73 Å². The second-order valence-corrected chi connectivity index (χ2v) is 6.55. The summed E-state index contributed by atoms with van der Waals surface area (Å²) in [7, 11) is 0. The number of amides is 1. The Morgan fingerprint density at radius 2 is 1.74 bits per heavy atom.